The molecule has 0 saturated carbocycles. The van der Waals surface area contributed by atoms with Crippen LogP contribution in [0, 0.1) is 0 Å². The third-order valence-corrected chi connectivity index (χ3v) is 6.22. The number of hydrogen-bond acceptors (Lipinski definition) is 7. The number of nitrogens with one attached hydrogen (secondary N) is 1. The van der Waals surface area contributed by atoms with Gasteiger partial charge in [0.25, 0.3) is 0 Å². The van der Waals surface area contributed by atoms with Crippen molar-refractivity contribution in [2.45, 2.75) is 38.3 Å². The number of carbonyl (C=O) groups is 1. The molecule has 1 N–H and O–H groups in total. The highest BCUT2D eigenvalue weighted by atomic mass is 16.5. The minimum absolute atomic E-state index is 0.00961. The van der Waals surface area contributed by atoms with E-state index in [0.29, 0.717) is 30.1 Å². The van der Waals surface area contributed by atoms with Crippen molar-refractivity contribution in [2.75, 3.05) is 25.1 Å². The SMILES string of the molecule is CCOC(=O)c1nc(NCC(c2ccccc2)c2ccccc2)c2ncn(C3CCCCO3)c2n1. The maximum absolute atomic E-state index is 12.6. The molecular formula is C27H29N5O3. The summed E-state index contributed by atoms with van der Waals surface area (Å²) >= 11 is 0. The summed E-state index contributed by atoms with van der Waals surface area (Å²) in [5.74, 6) is 0.0366. The zero-order valence-corrected chi connectivity index (χ0v) is 19.8. The van der Waals surface area contributed by atoms with Crippen LogP contribution in [0.3, 0.4) is 0 Å². The molecule has 0 spiro atoms. The first-order chi connectivity index (χ1) is 17.2. The fraction of sp³-hybridized carbons (Fsp3) is 0.333. The van der Waals surface area contributed by atoms with Gasteiger partial charge in [-0.3, -0.25) is 4.57 Å². The summed E-state index contributed by atoms with van der Waals surface area (Å²) in [6, 6.07) is 20.7. The molecule has 0 radical (unpaired) electrons. The van der Waals surface area contributed by atoms with E-state index in [2.05, 4.69) is 44.5 Å². The highest BCUT2D eigenvalue weighted by Crippen LogP contribution is 2.30. The van der Waals surface area contributed by atoms with Gasteiger partial charge in [0.05, 0.1) is 12.9 Å². The van der Waals surface area contributed by atoms with Gasteiger partial charge in [-0.15, -0.1) is 0 Å². The first-order valence-electron chi connectivity index (χ1n) is 12.1. The molecule has 1 fully saturated rings. The van der Waals surface area contributed by atoms with Crippen LogP contribution in [-0.4, -0.2) is 45.2 Å². The lowest BCUT2D eigenvalue weighted by molar-refractivity contribution is -0.0298. The second kappa shape index (κ2) is 10.7. The Bertz CT molecular complexity index is 1230. The molecule has 8 nitrogen and oxygen atoms in total. The van der Waals surface area contributed by atoms with Crippen LogP contribution >= 0.6 is 0 Å². The van der Waals surface area contributed by atoms with Gasteiger partial charge >= 0.3 is 5.97 Å². The minimum atomic E-state index is -0.558. The van der Waals surface area contributed by atoms with Crippen molar-refractivity contribution in [3.05, 3.63) is 83.9 Å². The lowest BCUT2D eigenvalue weighted by Crippen LogP contribution is -2.20. The van der Waals surface area contributed by atoms with E-state index >= 15 is 0 Å². The van der Waals surface area contributed by atoms with Gasteiger partial charge in [0.1, 0.15) is 6.23 Å². The van der Waals surface area contributed by atoms with Crippen LogP contribution < -0.4 is 5.32 Å². The number of rotatable bonds is 8. The lowest BCUT2D eigenvalue weighted by atomic mass is 9.91. The Balaban J connectivity index is 1.51. The van der Waals surface area contributed by atoms with Crippen LogP contribution in [0.4, 0.5) is 5.82 Å². The maximum atomic E-state index is 12.6. The number of imidazole rings is 1. The second-order valence-electron chi connectivity index (χ2n) is 8.52. The number of esters is 1. The fourth-order valence-corrected chi connectivity index (χ4v) is 4.48. The zero-order valence-electron chi connectivity index (χ0n) is 19.8. The van der Waals surface area contributed by atoms with Crippen LogP contribution in [0.5, 0.6) is 0 Å². The summed E-state index contributed by atoms with van der Waals surface area (Å²) in [7, 11) is 0. The van der Waals surface area contributed by atoms with Crippen LogP contribution in [0.15, 0.2) is 67.0 Å². The second-order valence-corrected chi connectivity index (χ2v) is 8.52. The smallest absolute Gasteiger partial charge is 0.376 e. The average Bonchev–Trinajstić information content (AvgIpc) is 3.35. The van der Waals surface area contributed by atoms with E-state index in [4.69, 9.17) is 9.47 Å². The number of anilines is 1. The first kappa shape index (κ1) is 23.0. The van der Waals surface area contributed by atoms with Crippen molar-refractivity contribution in [1.29, 1.82) is 0 Å². The molecule has 8 heteroatoms. The zero-order chi connectivity index (χ0) is 24.0. The summed E-state index contributed by atoms with van der Waals surface area (Å²) in [5.41, 5.74) is 3.53. The van der Waals surface area contributed by atoms with E-state index in [9.17, 15) is 4.79 Å². The number of fused-ring (bicyclic) bond motifs is 1. The molecule has 1 aliphatic rings. The summed E-state index contributed by atoms with van der Waals surface area (Å²) in [5, 5.41) is 3.46. The van der Waals surface area contributed by atoms with Gasteiger partial charge in [0.2, 0.25) is 5.82 Å². The number of ether oxygens (including phenoxy) is 2. The lowest BCUT2D eigenvalue weighted by Gasteiger charge is -2.24. The molecule has 0 aliphatic carbocycles. The Labute approximate surface area is 204 Å². The Morgan fingerprint density at radius 3 is 2.43 bits per heavy atom. The number of carbonyl (C=O) groups excluding carboxylic acids is 1. The molecule has 1 atom stereocenters. The van der Waals surface area contributed by atoms with Gasteiger partial charge in [-0.25, -0.2) is 19.7 Å². The van der Waals surface area contributed by atoms with Crippen molar-refractivity contribution >= 4 is 23.0 Å². The summed E-state index contributed by atoms with van der Waals surface area (Å²) in [6.45, 7) is 3.27. The van der Waals surface area contributed by atoms with Gasteiger partial charge in [-0.1, -0.05) is 60.7 Å². The van der Waals surface area contributed by atoms with Gasteiger partial charge < -0.3 is 14.8 Å². The molecule has 4 aromatic rings. The van der Waals surface area contributed by atoms with Gasteiger partial charge in [0.15, 0.2) is 17.0 Å². The van der Waals surface area contributed by atoms with E-state index in [1.54, 1.807) is 13.3 Å². The summed E-state index contributed by atoms with van der Waals surface area (Å²) < 4.78 is 13.1. The van der Waals surface area contributed by atoms with E-state index in [-0.39, 0.29) is 24.6 Å². The van der Waals surface area contributed by atoms with Crippen molar-refractivity contribution in [2.24, 2.45) is 0 Å². The first-order valence-corrected chi connectivity index (χ1v) is 12.1. The molecule has 35 heavy (non-hydrogen) atoms. The summed E-state index contributed by atoms with van der Waals surface area (Å²) in [4.78, 5) is 26.3. The molecule has 0 amide bonds. The predicted molar refractivity (Wildman–Crippen MR) is 133 cm³/mol. The number of nitrogens with zero attached hydrogens (tertiary/aromatic N) is 4. The monoisotopic (exact) mass is 471 g/mol. The Kier molecular flexibility index (Phi) is 6.99. The van der Waals surface area contributed by atoms with Crippen molar-refractivity contribution < 1.29 is 14.3 Å². The minimum Gasteiger partial charge on any atom is -0.460 e. The Morgan fingerprint density at radius 1 is 1.09 bits per heavy atom. The molecule has 0 bridgehead atoms. The molecular weight excluding hydrogens is 442 g/mol. The van der Waals surface area contributed by atoms with Crippen molar-refractivity contribution in [1.82, 2.24) is 19.5 Å². The predicted octanol–water partition coefficient (Wildman–Crippen LogP) is 4.95. The van der Waals surface area contributed by atoms with E-state index in [1.165, 1.54) is 11.1 Å². The van der Waals surface area contributed by atoms with Gasteiger partial charge in [-0.2, -0.15) is 0 Å². The number of hydrogen-bond donors (Lipinski definition) is 1. The normalized spacial score (nSPS) is 15.9. The highest BCUT2D eigenvalue weighted by Gasteiger charge is 2.24. The van der Waals surface area contributed by atoms with Crippen molar-refractivity contribution in [3.63, 3.8) is 0 Å². The summed E-state index contributed by atoms with van der Waals surface area (Å²) in [6.07, 6.45) is 4.55. The Morgan fingerprint density at radius 2 is 1.80 bits per heavy atom. The fourth-order valence-electron chi connectivity index (χ4n) is 4.48. The van der Waals surface area contributed by atoms with Gasteiger partial charge in [-0.05, 0) is 37.3 Å². The third kappa shape index (κ3) is 5.02. The van der Waals surface area contributed by atoms with Crippen molar-refractivity contribution in [3.8, 4) is 0 Å². The Hall–Kier alpha value is -3.78. The number of aromatic nitrogens is 4. The molecule has 5 rings (SSSR count). The average molecular weight is 472 g/mol. The van der Waals surface area contributed by atoms with E-state index in [0.717, 1.165) is 19.3 Å². The maximum Gasteiger partial charge on any atom is 0.376 e. The molecule has 3 heterocycles. The third-order valence-electron chi connectivity index (χ3n) is 6.22. The van der Waals surface area contributed by atoms with Crippen LogP contribution in [-0.2, 0) is 9.47 Å². The molecule has 1 unspecified atom stereocenters. The standard InChI is InChI=1S/C27H29N5O3/c1-2-34-27(33)25-30-24(23-26(31-25)32(18-29-23)22-15-9-10-16-35-22)28-17-21(19-11-5-3-6-12-19)20-13-7-4-8-14-20/h3-8,11-14,18,21-22H,2,9-10,15-17H2,1H3,(H,28,30,31). The largest absolute Gasteiger partial charge is 0.460 e. The molecule has 1 aliphatic heterocycles. The van der Waals surface area contributed by atoms with E-state index < -0.39 is 5.97 Å². The van der Waals surface area contributed by atoms with E-state index in [1.807, 2.05) is 41.0 Å². The highest BCUT2D eigenvalue weighted by molar-refractivity contribution is 5.91. The van der Waals surface area contributed by atoms with Crippen LogP contribution in [0.1, 0.15) is 60.1 Å². The molecule has 180 valence electrons. The van der Waals surface area contributed by atoms with Crippen LogP contribution in [0.25, 0.3) is 11.2 Å². The topological polar surface area (TPSA) is 91.2 Å². The molecule has 2 aromatic heterocycles. The quantitative estimate of drug-likeness (QED) is 0.364. The van der Waals surface area contributed by atoms with Gasteiger partial charge in [0, 0.05) is 19.1 Å². The molecule has 2 aromatic carbocycles. The van der Waals surface area contributed by atoms with Crippen LogP contribution in [0.2, 0.25) is 0 Å². The number of benzene rings is 2. The molecule has 1 saturated heterocycles.